The summed E-state index contributed by atoms with van der Waals surface area (Å²) in [5, 5.41) is 5.80. The van der Waals surface area contributed by atoms with Gasteiger partial charge in [-0.1, -0.05) is 17.5 Å². The number of terminal acetylenes is 1. The summed E-state index contributed by atoms with van der Waals surface area (Å²) < 4.78 is 0. The van der Waals surface area contributed by atoms with Crippen molar-refractivity contribution in [2.75, 3.05) is 18.4 Å². The normalized spacial score (nSPS) is 9.07. The third kappa shape index (κ3) is 4.34. The van der Waals surface area contributed by atoms with Gasteiger partial charge in [-0.2, -0.15) is 0 Å². The summed E-state index contributed by atoms with van der Waals surface area (Å²) in [6.07, 6.45) is 6.55. The Balaban J connectivity index is 2.37. The molecule has 2 N–H and O–H groups in total. The molecule has 0 saturated heterocycles. The molecule has 0 fully saturated rings. The van der Waals surface area contributed by atoms with Crippen molar-refractivity contribution in [1.29, 1.82) is 0 Å². The van der Waals surface area contributed by atoms with Gasteiger partial charge in [-0.3, -0.25) is 4.79 Å². The Hall–Kier alpha value is -1.73. The third-order valence-electron chi connectivity index (χ3n) is 1.57. The smallest absolute Gasteiger partial charge is 0.240 e. The zero-order chi connectivity index (χ0) is 11.1. The quantitative estimate of drug-likeness (QED) is 0.589. The maximum atomic E-state index is 11.1. The number of aromatic nitrogens is 1. The van der Waals surface area contributed by atoms with Gasteiger partial charge >= 0.3 is 0 Å². The fourth-order valence-corrected chi connectivity index (χ4v) is 1.08. The average Bonchev–Trinajstić information content (AvgIpc) is 2.23. The second kappa shape index (κ2) is 5.89. The zero-order valence-electron chi connectivity index (χ0n) is 7.96. The van der Waals surface area contributed by atoms with Gasteiger partial charge in [0.1, 0.15) is 5.15 Å². The van der Waals surface area contributed by atoms with Crippen LogP contribution in [0.2, 0.25) is 5.15 Å². The fourth-order valence-electron chi connectivity index (χ4n) is 0.907. The maximum absolute atomic E-state index is 11.1. The summed E-state index contributed by atoms with van der Waals surface area (Å²) >= 11 is 5.67. The molecule has 1 aromatic heterocycles. The van der Waals surface area contributed by atoms with Gasteiger partial charge in [-0.05, 0) is 12.1 Å². The molecule has 15 heavy (non-hydrogen) atoms. The van der Waals surface area contributed by atoms with E-state index in [0.717, 1.165) is 5.69 Å². The molecule has 0 spiro atoms. The second-order valence-electron chi connectivity index (χ2n) is 2.70. The van der Waals surface area contributed by atoms with Gasteiger partial charge in [-0.25, -0.2) is 4.98 Å². The summed E-state index contributed by atoms with van der Waals surface area (Å²) in [5.41, 5.74) is 0.742. The lowest BCUT2D eigenvalue weighted by Crippen LogP contribution is -2.29. The number of carbonyl (C=O) groups is 1. The van der Waals surface area contributed by atoms with Crippen molar-refractivity contribution in [3.05, 3.63) is 23.5 Å². The highest BCUT2D eigenvalue weighted by Crippen LogP contribution is 2.10. The molecule has 78 valence electrons. The van der Waals surface area contributed by atoms with E-state index < -0.39 is 0 Å². The second-order valence-corrected chi connectivity index (χ2v) is 3.09. The predicted octanol–water partition coefficient (Wildman–Crippen LogP) is 0.896. The number of nitrogens with zero attached hydrogens (tertiary/aromatic N) is 1. The van der Waals surface area contributed by atoms with Crippen molar-refractivity contribution in [2.24, 2.45) is 0 Å². The highest BCUT2D eigenvalue weighted by Gasteiger charge is 1.99. The number of hydrogen-bond donors (Lipinski definition) is 2. The van der Waals surface area contributed by atoms with Crippen LogP contribution in [-0.2, 0) is 4.79 Å². The van der Waals surface area contributed by atoms with Gasteiger partial charge in [0.25, 0.3) is 0 Å². The molecule has 0 aliphatic carbocycles. The first-order chi connectivity index (χ1) is 7.22. The summed E-state index contributed by atoms with van der Waals surface area (Å²) in [4.78, 5) is 15.0. The van der Waals surface area contributed by atoms with Crippen molar-refractivity contribution < 1.29 is 4.79 Å². The Morgan fingerprint density at radius 1 is 1.67 bits per heavy atom. The molecule has 5 heteroatoms. The molecule has 0 bridgehead atoms. The Morgan fingerprint density at radius 3 is 3.13 bits per heavy atom. The Kier molecular flexibility index (Phi) is 4.45. The minimum absolute atomic E-state index is 0.155. The number of carbonyl (C=O) groups excluding carboxylic acids is 1. The molecular formula is C10H10ClN3O. The van der Waals surface area contributed by atoms with Crippen molar-refractivity contribution in [3.63, 3.8) is 0 Å². The van der Waals surface area contributed by atoms with Crippen LogP contribution in [0.1, 0.15) is 0 Å². The van der Waals surface area contributed by atoms with Crippen LogP contribution in [0.25, 0.3) is 0 Å². The van der Waals surface area contributed by atoms with Gasteiger partial charge in [0.2, 0.25) is 5.91 Å². The predicted molar refractivity (Wildman–Crippen MR) is 59.6 cm³/mol. The minimum Gasteiger partial charge on any atom is -0.376 e. The lowest BCUT2D eigenvalue weighted by molar-refractivity contribution is -0.119. The van der Waals surface area contributed by atoms with E-state index in [4.69, 9.17) is 18.0 Å². The molecule has 0 saturated carbocycles. The maximum Gasteiger partial charge on any atom is 0.240 e. The lowest BCUT2D eigenvalue weighted by Gasteiger charge is -2.05. The van der Waals surface area contributed by atoms with Crippen molar-refractivity contribution >= 4 is 23.2 Å². The highest BCUT2D eigenvalue weighted by atomic mass is 35.5. The van der Waals surface area contributed by atoms with Gasteiger partial charge < -0.3 is 10.6 Å². The average molecular weight is 224 g/mol. The van der Waals surface area contributed by atoms with Crippen LogP contribution in [-0.4, -0.2) is 24.0 Å². The zero-order valence-corrected chi connectivity index (χ0v) is 8.71. The molecule has 4 nitrogen and oxygen atoms in total. The number of nitrogens with one attached hydrogen (secondary N) is 2. The molecule has 1 rings (SSSR count). The molecule has 1 aromatic rings. The van der Waals surface area contributed by atoms with E-state index in [2.05, 4.69) is 21.5 Å². The van der Waals surface area contributed by atoms with Gasteiger partial charge in [-0.15, -0.1) is 6.42 Å². The number of pyridine rings is 1. The van der Waals surface area contributed by atoms with Crippen LogP contribution in [0.5, 0.6) is 0 Å². The molecule has 0 aliphatic rings. The molecule has 0 unspecified atom stereocenters. The summed E-state index contributed by atoms with van der Waals surface area (Å²) in [7, 11) is 0. The minimum atomic E-state index is -0.166. The number of halogens is 1. The first-order valence-electron chi connectivity index (χ1n) is 4.28. The van der Waals surface area contributed by atoms with E-state index in [1.54, 1.807) is 18.3 Å². The molecule has 1 heterocycles. The molecular weight excluding hydrogens is 214 g/mol. The monoisotopic (exact) mass is 223 g/mol. The standard InChI is InChI=1S/C10H10ClN3O/c1-2-4-13-10(15)7-14-8-3-5-12-9(11)6-8/h1,3,5-6H,4,7H2,(H,12,14)(H,13,15). The topological polar surface area (TPSA) is 54.0 Å². The Bertz CT molecular complexity index is 386. The highest BCUT2D eigenvalue weighted by molar-refractivity contribution is 6.29. The Labute approximate surface area is 93.0 Å². The van der Waals surface area contributed by atoms with E-state index in [1.807, 2.05) is 0 Å². The van der Waals surface area contributed by atoms with Crippen molar-refractivity contribution in [3.8, 4) is 12.3 Å². The van der Waals surface area contributed by atoms with Crippen LogP contribution in [0, 0.1) is 12.3 Å². The van der Waals surface area contributed by atoms with Gasteiger partial charge in [0.05, 0.1) is 13.1 Å². The number of amides is 1. The SMILES string of the molecule is C#CCNC(=O)CNc1ccnc(Cl)c1. The van der Waals surface area contributed by atoms with E-state index in [1.165, 1.54) is 0 Å². The number of rotatable bonds is 4. The van der Waals surface area contributed by atoms with E-state index >= 15 is 0 Å². The third-order valence-corrected chi connectivity index (χ3v) is 1.77. The van der Waals surface area contributed by atoms with E-state index in [9.17, 15) is 4.79 Å². The summed E-state index contributed by atoms with van der Waals surface area (Å²) in [5.74, 6) is 2.15. The van der Waals surface area contributed by atoms with Crippen LogP contribution in [0.4, 0.5) is 5.69 Å². The van der Waals surface area contributed by atoms with E-state index in [0.29, 0.717) is 5.15 Å². The van der Waals surface area contributed by atoms with Crippen molar-refractivity contribution in [2.45, 2.75) is 0 Å². The lowest BCUT2D eigenvalue weighted by atomic mass is 10.4. The largest absolute Gasteiger partial charge is 0.376 e. The number of anilines is 1. The van der Waals surface area contributed by atoms with E-state index in [-0.39, 0.29) is 19.0 Å². The summed E-state index contributed by atoms with van der Waals surface area (Å²) in [6.45, 7) is 0.389. The fraction of sp³-hybridized carbons (Fsp3) is 0.200. The van der Waals surface area contributed by atoms with Gasteiger partial charge in [0, 0.05) is 11.9 Å². The molecule has 0 aliphatic heterocycles. The molecule has 0 radical (unpaired) electrons. The molecule has 0 atom stereocenters. The molecule has 0 aromatic carbocycles. The summed E-state index contributed by atoms with van der Waals surface area (Å²) in [6, 6.07) is 3.36. The van der Waals surface area contributed by atoms with Crippen LogP contribution < -0.4 is 10.6 Å². The first kappa shape index (κ1) is 11.3. The molecule has 1 amide bonds. The first-order valence-corrected chi connectivity index (χ1v) is 4.66. The van der Waals surface area contributed by atoms with Crippen LogP contribution in [0.15, 0.2) is 18.3 Å². The van der Waals surface area contributed by atoms with Crippen LogP contribution >= 0.6 is 11.6 Å². The van der Waals surface area contributed by atoms with Crippen LogP contribution in [0.3, 0.4) is 0 Å². The Morgan fingerprint density at radius 2 is 2.47 bits per heavy atom. The number of hydrogen-bond acceptors (Lipinski definition) is 3. The van der Waals surface area contributed by atoms with Crippen molar-refractivity contribution in [1.82, 2.24) is 10.3 Å². The van der Waals surface area contributed by atoms with Gasteiger partial charge in [0.15, 0.2) is 0 Å².